The van der Waals surface area contributed by atoms with Gasteiger partial charge in [0.25, 0.3) is 0 Å². The van der Waals surface area contributed by atoms with E-state index >= 15 is 0 Å². The van der Waals surface area contributed by atoms with Crippen LogP contribution in [-0.4, -0.2) is 25.6 Å². The van der Waals surface area contributed by atoms with Crippen LogP contribution < -0.4 is 5.32 Å². The zero-order valence-corrected chi connectivity index (χ0v) is 13.7. The van der Waals surface area contributed by atoms with Crippen LogP contribution in [0.1, 0.15) is 29.0 Å². The molecule has 0 unspecified atom stereocenters. The Kier molecular flexibility index (Phi) is 4.69. The van der Waals surface area contributed by atoms with Crippen LogP contribution in [0.15, 0.2) is 41.6 Å². The summed E-state index contributed by atoms with van der Waals surface area (Å²) in [7, 11) is 0. The maximum Gasteiger partial charge on any atom is 0.220 e. The Morgan fingerprint density at radius 2 is 2.21 bits per heavy atom. The number of nitrogens with zero attached hydrogens (tertiary/aromatic N) is 4. The molecule has 0 saturated heterocycles. The van der Waals surface area contributed by atoms with Crippen molar-refractivity contribution in [2.75, 3.05) is 0 Å². The molecule has 3 heterocycles. The zero-order chi connectivity index (χ0) is 16.9. The molecule has 124 valence electrons. The quantitative estimate of drug-likeness (QED) is 0.750. The Morgan fingerprint density at radius 1 is 1.33 bits per heavy atom. The Hall–Kier alpha value is -2.96. The Labute approximate surface area is 139 Å². The molecule has 7 heteroatoms. The average Bonchev–Trinajstić information content (AvgIpc) is 3.23. The first-order chi connectivity index (χ1) is 11.6. The monoisotopic (exact) mass is 325 g/mol. The van der Waals surface area contributed by atoms with Gasteiger partial charge in [-0.15, -0.1) is 0 Å². The fraction of sp³-hybridized carbons (Fsp3) is 0.294. The van der Waals surface area contributed by atoms with Crippen LogP contribution in [0, 0.1) is 13.8 Å². The van der Waals surface area contributed by atoms with Crippen molar-refractivity contribution in [3.05, 3.63) is 59.6 Å². The van der Waals surface area contributed by atoms with Gasteiger partial charge in [-0.3, -0.25) is 9.36 Å². The third kappa shape index (κ3) is 3.68. The van der Waals surface area contributed by atoms with Gasteiger partial charge in [-0.1, -0.05) is 11.2 Å². The second-order valence-corrected chi connectivity index (χ2v) is 5.57. The van der Waals surface area contributed by atoms with E-state index in [0.29, 0.717) is 19.4 Å². The predicted octanol–water partition coefficient (Wildman–Crippen LogP) is 2.12. The van der Waals surface area contributed by atoms with Crippen LogP contribution in [0.25, 0.3) is 5.82 Å². The Balaban J connectivity index is 1.49. The topological polar surface area (TPSA) is 85.8 Å². The van der Waals surface area contributed by atoms with E-state index in [2.05, 4.69) is 20.4 Å². The molecular formula is C17H19N5O2. The van der Waals surface area contributed by atoms with E-state index < -0.39 is 0 Å². The zero-order valence-electron chi connectivity index (χ0n) is 13.7. The molecule has 0 aliphatic carbocycles. The summed E-state index contributed by atoms with van der Waals surface area (Å²) >= 11 is 0. The maximum absolute atomic E-state index is 12.0. The molecule has 3 aromatic rings. The van der Waals surface area contributed by atoms with E-state index in [9.17, 15) is 4.79 Å². The van der Waals surface area contributed by atoms with Gasteiger partial charge >= 0.3 is 0 Å². The molecule has 24 heavy (non-hydrogen) atoms. The molecule has 3 aromatic heterocycles. The van der Waals surface area contributed by atoms with Crippen molar-refractivity contribution in [2.24, 2.45) is 0 Å². The molecule has 0 aromatic carbocycles. The minimum absolute atomic E-state index is 0.00585. The van der Waals surface area contributed by atoms with E-state index in [1.807, 2.05) is 36.7 Å². The van der Waals surface area contributed by atoms with Gasteiger partial charge in [-0.2, -0.15) is 0 Å². The summed E-state index contributed by atoms with van der Waals surface area (Å²) in [5.41, 5.74) is 2.81. The molecule has 0 saturated carbocycles. The van der Waals surface area contributed by atoms with E-state index in [1.165, 1.54) is 0 Å². The smallest absolute Gasteiger partial charge is 0.220 e. The minimum atomic E-state index is -0.00585. The first kappa shape index (κ1) is 15.9. The lowest BCUT2D eigenvalue weighted by atomic mass is 10.1. The minimum Gasteiger partial charge on any atom is -0.361 e. The molecule has 0 radical (unpaired) electrons. The summed E-state index contributed by atoms with van der Waals surface area (Å²) in [6, 6.07) is 3.84. The third-order valence-electron chi connectivity index (χ3n) is 3.85. The van der Waals surface area contributed by atoms with Crippen LogP contribution in [0.4, 0.5) is 0 Å². The standard InChI is InChI=1S/C17H19N5O2/c1-12-15(13(2)24-21-12)4-6-17(23)20-10-14-3-5-16(19-9-14)22-8-7-18-11-22/h3,5,7-9,11H,4,6,10H2,1-2H3,(H,20,23). The summed E-state index contributed by atoms with van der Waals surface area (Å²) in [5, 5.41) is 6.80. The first-order valence-electron chi connectivity index (χ1n) is 7.75. The summed E-state index contributed by atoms with van der Waals surface area (Å²) < 4.78 is 6.93. The van der Waals surface area contributed by atoms with E-state index in [-0.39, 0.29) is 5.91 Å². The van der Waals surface area contributed by atoms with Gasteiger partial charge < -0.3 is 9.84 Å². The molecule has 0 fully saturated rings. The second-order valence-electron chi connectivity index (χ2n) is 5.57. The largest absolute Gasteiger partial charge is 0.361 e. The first-order valence-corrected chi connectivity index (χ1v) is 7.75. The lowest BCUT2D eigenvalue weighted by Crippen LogP contribution is -2.23. The summed E-state index contributed by atoms with van der Waals surface area (Å²) in [6.07, 6.45) is 8.02. The number of aryl methyl sites for hydroxylation is 2. The van der Waals surface area contributed by atoms with Crippen molar-refractivity contribution in [1.29, 1.82) is 0 Å². The second kappa shape index (κ2) is 7.08. The normalized spacial score (nSPS) is 10.8. The molecule has 1 amide bonds. The summed E-state index contributed by atoms with van der Waals surface area (Å²) in [5.74, 6) is 1.56. The van der Waals surface area contributed by atoms with Crippen molar-refractivity contribution in [1.82, 2.24) is 25.0 Å². The Bertz CT molecular complexity index is 787. The fourth-order valence-electron chi connectivity index (χ4n) is 2.46. The van der Waals surface area contributed by atoms with Crippen LogP contribution >= 0.6 is 0 Å². The molecular weight excluding hydrogens is 306 g/mol. The van der Waals surface area contributed by atoms with Gasteiger partial charge in [-0.25, -0.2) is 9.97 Å². The number of amides is 1. The number of hydrogen-bond donors (Lipinski definition) is 1. The predicted molar refractivity (Wildman–Crippen MR) is 87.5 cm³/mol. The van der Waals surface area contributed by atoms with Crippen LogP contribution in [0.5, 0.6) is 0 Å². The highest BCUT2D eigenvalue weighted by atomic mass is 16.5. The summed E-state index contributed by atoms with van der Waals surface area (Å²) in [4.78, 5) is 20.3. The highest BCUT2D eigenvalue weighted by Gasteiger charge is 2.11. The number of rotatable bonds is 6. The van der Waals surface area contributed by atoms with E-state index in [4.69, 9.17) is 4.52 Å². The fourth-order valence-corrected chi connectivity index (χ4v) is 2.46. The van der Waals surface area contributed by atoms with Crippen molar-refractivity contribution in [3.63, 3.8) is 0 Å². The van der Waals surface area contributed by atoms with E-state index in [1.54, 1.807) is 18.7 Å². The number of pyridine rings is 1. The number of carbonyl (C=O) groups excluding carboxylic acids is 1. The highest BCUT2D eigenvalue weighted by molar-refractivity contribution is 5.76. The number of carbonyl (C=O) groups is 1. The van der Waals surface area contributed by atoms with Crippen LogP contribution in [0.2, 0.25) is 0 Å². The number of imidazole rings is 1. The molecule has 0 spiro atoms. The van der Waals surface area contributed by atoms with Crippen molar-refractivity contribution in [3.8, 4) is 5.82 Å². The van der Waals surface area contributed by atoms with Crippen LogP contribution in [0.3, 0.4) is 0 Å². The maximum atomic E-state index is 12.0. The number of nitrogens with one attached hydrogen (secondary N) is 1. The molecule has 0 atom stereocenters. The lowest BCUT2D eigenvalue weighted by Gasteiger charge is -2.06. The van der Waals surface area contributed by atoms with Gasteiger partial charge in [-0.05, 0) is 31.9 Å². The molecule has 0 aliphatic heterocycles. The van der Waals surface area contributed by atoms with Gasteiger partial charge in [0.1, 0.15) is 17.9 Å². The highest BCUT2D eigenvalue weighted by Crippen LogP contribution is 2.14. The molecule has 1 N–H and O–H groups in total. The lowest BCUT2D eigenvalue weighted by molar-refractivity contribution is -0.121. The van der Waals surface area contributed by atoms with Crippen molar-refractivity contribution in [2.45, 2.75) is 33.2 Å². The summed E-state index contributed by atoms with van der Waals surface area (Å²) in [6.45, 7) is 4.20. The number of hydrogen-bond acceptors (Lipinski definition) is 5. The molecule has 0 aliphatic rings. The van der Waals surface area contributed by atoms with Gasteiger partial charge in [0.2, 0.25) is 5.91 Å². The molecule has 3 rings (SSSR count). The Morgan fingerprint density at radius 3 is 2.83 bits per heavy atom. The van der Waals surface area contributed by atoms with E-state index in [0.717, 1.165) is 28.4 Å². The SMILES string of the molecule is Cc1noc(C)c1CCC(=O)NCc1ccc(-n2ccnc2)nc1. The molecule has 7 nitrogen and oxygen atoms in total. The number of aromatic nitrogens is 4. The van der Waals surface area contributed by atoms with Gasteiger partial charge in [0.15, 0.2) is 0 Å². The van der Waals surface area contributed by atoms with Gasteiger partial charge in [0.05, 0.1) is 5.69 Å². The van der Waals surface area contributed by atoms with Crippen molar-refractivity contribution < 1.29 is 9.32 Å². The van der Waals surface area contributed by atoms with Crippen LogP contribution in [-0.2, 0) is 17.8 Å². The van der Waals surface area contributed by atoms with Gasteiger partial charge in [0, 0.05) is 37.1 Å². The third-order valence-corrected chi connectivity index (χ3v) is 3.85. The average molecular weight is 325 g/mol. The van der Waals surface area contributed by atoms with Crippen molar-refractivity contribution >= 4 is 5.91 Å². The molecule has 0 bridgehead atoms.